The number of carbonyl (C=O) groups is 1. The summed E-state index contributed by atoms with van der Waals surface area (Å²) in [7, 11) is 0. The van der Waals surface area contributed by atoms with Gasteiger partial charge in [-0.1, -0.05) is 0 Å². The van der Waals surface area contributed by atoms with Crippen molar-refractivity contribution in [3.8, 4) is 0 Å². The first-order chi connectivity index (χ1) is 8.20. The molecule has 0 saturated heterocycles. The van der Waals surface area contributed by atoms with Crippen LogP contribution in [0.15, 0.2) is 33.8 Å². The highest BCUT2D eigenvalue weighted by Gasteiger charge is 2.15. The Balaban J connectivity index is 2.10. The molecule has 2 rings (SSSR count). The third kappa shape index (κ3) is 2.56. The van der Waals surface area contributed by atoms with E-state index in [0.717, 1.165) is 4.90 Å². The molecule has 0 aliphatic carbocycles. The number of rotatable bonds is 3. The first-order valence-corrected chi connectivity index (χ1v) is 5.96. The fraction of sp³-hybridized carbons (Fsp3) is 0.100. The van der Waals surface area contributed by atoms with Gasteiger partial charge in [-0.15, -0.1) is 11.8 Å². The van der Waals surface area contributed by atoms with Gasteiger partial charge in [0.1, 0.15) is 0 Å². The molecule has 88 valence electrons. The van der Waals surface area contributed by atoms with Crippen molar-refractivity contribution < 1.29 is 9.42 Å². The van der Waals surface area contributed by atoms with Crippen molar-refractivity contribution in [2.75, 3.05) is 17.3 Å². The monoisotopic (exact) mass is 250 g/mol. The molecule has 0 fully saturated rings. The first-order valence-electron chi connectivity index (χ1n) is 4.74. The molecule has 1 amide bonds. The molecule has 7 heteroatoms. The normalized spacial score (nSPS) is 10.2. The molecule has 0 aliphatic heterocycles. The van der Waals surface area contributed by atoms with Crippen LogP contribution in [0.1, 0.15) is 10.5 Å². The van der Waals surface area contributed by atoms with Gasteiger partial charge in [0.2, 0.25) is 11.5 Å². The second-order valence-corrected chi connectivity index (χ2v) is 4.06. The number of nitrogens with zero attached hydrogens (tertiary/aromatic N) is 2. The molecule has 2 aromatic rings. The number of hydrogen-bond acceptors (Lipinski definition) is 6. The Morgan fingerprint density at radius 3 is 2.59 bits per heavy atom. The van der Waals surface area contributed by atoms with Crippen molar-refractivity contribution in [3.05, 3.63) is 30.0 Å². The molecule has 17 heavy (non-hydrogen) atoms. The van der Waals surface area contributed by atoms with Gasteiger partial charge in [-0.25, -0.2) is 4.63 Å². The molecule has 3 N–H and O–H groups in total. The van der Waals surface area contributed by atoms with Gasteiger partial charge in [0.25, 0.3) is 5.91 Å². The number of aromatic nitrogens is 2. The van der Waals surface area contributed by atoms with Crippen LogP contribution in [0.2, 0.25) is 0 Å². The molecule has 0 radical (unpaired) electrons. The standard InChI is InChI=1S/C10H10N4O2S/c1-17-7-4-2-6(3-5-7)12-10(15)8-9(11)14-16-13-8/h2-5H,1H3,(H2,11,14)(H,12,15). The van der Waals surface area contributed by atoms with E-state index in [0.29, 0.717) is 5.69 Å². The minimum atomic E-state index is -0.444. The Kier molecular flexibility index (Phi) is 3.29. The maximum Gasteiger partial charge on any atom is 0.281 e. The molecule has 0 unspecified atom stereocenters. The fourth-order valence-corrected chi connectivity index (χ4v) is 1.63. The number of nitrogen functional groups attached to an aromatic ring is 1. The Morgan fingerprint density at radius 2 is 2.06 bits per heavy atom. The lowest BCUT2D eigenvalue weighted by Gasteiger charge is -2.03. The molecule has 0 aliphatic rings. The summed E-state index contributed by atoms with van der Waals surface area (Å²) >= 11 is 1.63. The molecule has 1 heterocycles. The van der Waals surface area contributed by atoms with Crippen molar-refractivity contribution in [1.29, 1.82) is 0 Å². The second-order valence-electron chi connectivity index (χ2n) is 3.18. The molecule has 6 nitrogen and oxygen atoms in total. The first kappa shape index (κ1) is 11.5. The van der Waals surface area contributed by atoms with Gasteiger partial charge in [0.15, 0.2) is 0 Å². The van der Waals surface area contributed by atoms with Crippen LogP contribution in [0, 0.1) is 0 Å². The van der Waals surface area contributed by atoms with Gasteiger partial charge in [0, 0.05) is 10.6 Å². The number of nitrogens with one attached hydrogen (secondary N) is 1. The van der Waals surface area contributed by atoms with E-state index in [-0.39, 0.29) is 11.5 Å². The summed E-state index contributed by atoms with van der Waals surface area (Å²) in [4.78, 5) is 12.8. The van der Waals surface area contributed by atoms with Crippen LogP contribution in [-0.2, 0) is 0 Å². The van der Waals surface area contributed by atoms with Gasteiger partial charge in [-0.05, 0) is 40.8 Å². The topological polar surface area (TPSA) is 94.0 Å². The molecule has 1 aromatic carbocycles. The minimum absolute atomic E-state index is 0.0149. The number of thioether (sulfide) groups is 1. The van der Waals surface area contributed by atoms with Crippen LogP contribution in [0.4, 0.5) is 11.5 Å². The Hall–Kier alpha value is -2.02. The van der Waals surface area contributed by atoms with Crippen LogP contribution < -0.4 is 11.1 Å². The number of hydrogen-bond donors (Lipinski definition) is 2. The van der Waals surface area contributed by atoms with Crippen molar-refractivity contribution >= 4 is 29.2 Å². The van der Waals surface area contributed by atoms with Crippen LogP contribution in [0.5, 0.6) is 0 Å². The SMILES string of the molecule is CSc1ccc(NC(=O)c2nonc2N)cc1. The molecular weight excluding hydrogens is 240 g/mol. The fourth-order valence-electron chi connectivity index (χ4n) is 1.22. The van der Waals surface area contributed by atoms with Crippen LogP contribution in [0.3, 0.4) is 0 Å². The maximum absolute atomic E-state index is 11.7. The van der Waals surface area contributed by atoms with E-state index in [1.54, 1.807) is 23.9 Å². The predicted molar refractivity (Wildman–Crippen MR) is 64.9 cm³/mol. The van der Waals surface area contributed by atoms with E-state index in [4.69, 9.17) is 5.73 Å². The lowest BCUT2D eigenvalue weighted by atomic mass is 10.3. The van der Waals surface area contributed by atoms with Gasteiger partial charge in [-0.3, -0.25) is 4.79 Å². The molecule has 0 bridgehead atoms. The van der Waals surface area contributed by atoms with Crippen LogP contribution in [0.25, 0.3) is 0 Å². The number of benzene rings is 1. The summed E-state index contributed by atoms with van der Waals surface area (Å²) in [5.74, 6) is -0.469. The highest BCUT2D eigenvalue weighted by atomic mass is 32.2. The number of nitrogens with two attached hydrogens (primary N) is 1. The average Bonchev–Trinajstić information content (AvgIpc) is 2.76. The zero-order valence-corrected chi connectivity index (χ0v) is 9.82. The Morgan fingerprint density at radius 1 is 1.35 bits per heavy atom. The smallest absolute Gasteiger partial charge is 0.281 e. The number of carbonyl (C=O) groups excluding carboxylic acids is 1. The summed E-state index contributed by atoms with van der Waals surface area (Å²) in [5.41, 5.74) is 6.06. The summed E-state index contributed by atoms with van der Waals surface area (Å²) in [6.07, 6.45) is 1.98. The maximum atomic E-state index is 11.7. The summed E-state index contributed by atoms with van der Waals surface area (Å²) < 4.78 is 4.35. The third-order valence-corrected chi connectivity index (χ3v) is 2.82. The van der Waals surface area contributed by atoms with E-state index < -0.39 is 5.91 Å². The molecule has 0 atom stereocenters. The van der Waals surface area contributed by atoms with Crippen LogP contribution in [-0.4, -0.2) is 22.5 Å². The van der Waals surface area contributed by atoms with E-state index in [2.05, 4.69) is 20.3 Å². The van der Waals surface area contributed by atoms with Crippen molar-refractivity contribution in [1.82, 2.24) is 10.3 Å². The quantitative estimate of drug-likeness (QED) is 0.804. The lowest BCUT2D eigenvalue weighted by Crippen LogP contribution is -2.14. The van der Waals surface area contributed by atoms with Gasteiger partial charge >= 0.3 is 0 Å². The van der Waals surface area contributed by atoms with E-state index >= 15 is 0 Å². The molecule has 1 aromatic heterocycles. The van der Waals surface area contributed by atoms with Crippen molar-refractivity contribution in [2.45, 2.75) is 4.90 Å². The van der Waals surface area contributed by atoms with E-state index in [9.17, 15) is 4.79 Å². The highest BCUT2D eigenvalue weighted by Crippen LogP contribution is 2.18. The lowest BCUT2D eigenvalue weighted by molar-refractivity contribution is 0.101. The summed E-state index contributed by atoms with van der Waals surface area (Å²) in [6.45, 7) is 0. The third-order valence-electron chi connectivity index (χ3n) is 2.08. The van der Waals surface area contributed by atoms with Crippen LogP contribution >= 0.6 is 11.8 Å². The van der Waals surface area contributed by atoms with E-state index in [1.807, 2.05) is 18.4 Å². The molecular formula is C10H10N4O2S. The Bertz CT molecular complexity index is 523. The number of anilines is 2. The zero-order valence-electron chi connectivity index (χ0n) is 9.01. The molecule has 0 spiro atoms. The second kappa shape index (κ2) is 4.88. The van der Waals surface area contributed by atoms with Gasteiger partial charge in [0.05, 0.1) is 0 Å². The van der Waals surface area contributed by atoms with Crippen molar-refractivity contribution in [3.63, 3.8) is 0 Å². The Labute approximate surface area is 102 Å². The minimum Gasteiger partial charge on any atom is -0.379 e. The molecule has 0 saturated carbocycles. The zero-order chi connectivity index (χ0) is 12.3. The van der Waals surface area contributed by atoms with Crippen molar-refractivity contribution in [2.24, 2.45) is 0 Å². The predicted octanol–water partition coefficient (Wildman–Crippen LogP) is 1.63. The highest BCUT2D eigenvalue weighted by molar-refractivity contribution is 7.98. The average molecular weight is 250 g/mol. The summed E-state index contributed by atoms with van der Waals surface area (Å²) in [6, 6.07) is 7.41. The summed E-state index contributed by atoms with van der Waals surface area (Å²) in [5, 5.41) is 9.40. The van der Waals surface area contributed by atoms with E-state index in [1.165, 1.54) is 0 Å². The van der Waals surface area contributed by atoms with Gasteiger partial charge < -0.3 is 11.1 Å². The largest absolute Gasteiger partial charge is 0.379 e. The number of amides is 1. The van der Waals surface area contributed by atoms with Gasteiger partial charge in [-0.2, -0.15) is 0 Å².